The number of nitrogens with one attached hydrogen (secondary N) is 2. The number of hydrogen-bond donors (Lipinski definition) is 2. The van der Waals surface area contributed by atoms with E-state index in [0.29, 0.717) is 19.6 Å². The third-order valence-electron chi connectivity index (χ3n) is 3.16. The van der Waals surface area contributed by atoms with Crippen molar-refractivity contribution in [1.82, 2.24) is 10.6 Å². The van der Waals surface area contributed by atoms with Gasteiger partial charge in [-0.15, -0.1) is 0 Å². The van der Waals surface area contributed by atoms with Crippen LogP contribution in [0.25, 0.3) is 0 Å². The van der Waals surface area contributed by atoms with Crippen molar-refractivity contribution in [3.63, 3.8) is 0 Å². The van der Waals surface area contributed by atoms with E-state index in [9.17, 15) is 4.79 Å². The van der Waals surface area contributed by atoms with Gasteiger partial charge in [-0.1, -0.05) is 15.9 Å². The monoisotopic (exact) mass is 342 g/mol. The van der Waals surface area contributed by atoms with Crippen molar-refractivity contribution in [2.75, 3.05) is 26.9 Å². The molecule has 1 heterocycles. The van der Waals surface area contributed by atoms with Gasteiger partial charge >= 0.3 is 0 Å². The SMILES string of the molecule is COc1ccc(Br)c(CNC(=O)CC2COCCN2)c1. The molecule has 5 nitrogen and oxygen atoms in total. The number of halogens is 1. The molecule has 6 heteroatoms. The Hall–Kier alpha value is -1.11. The summed E-state index contributed by atoms with van der Waals surface area (Å²) >= 11 is 3.47. The fourth-order valence-corrected chi connectivity index (χ4v) is 2.44. The van der Waals surface area contributed by atoms with E-state index in [0.717, 1.165) is 28.9 Å². The lowest BCUT2D eigenvalue weighted by Crippen LogP contribution is -2.44. The lowest BCUT2D eigenvalue weighted by Gasteiger charge is -2.23. The highest BCUT2D eigenvalue weighted by atomic mass is 79.9. The number of ether oxygens (including phenoxy) is 2. The van der Waals surface area contributed by atoms with Crippen LogP contribution in [-0.4, -0.2) is 38.8 Å². The highest BCUT2D eigenvalue weighted by Gasteiger charge is 2.16. The Kier molecular flexibility index (Phi) is 5.82. The van der Waals surface area contributed by atoms with E-state index in [1.54, 1.807) is 7.11 Å². The summed E-state index contributed by atoms with van der Waals surface area (Å²) in [6.07, 6.45) is 0.432. The number of methoxy groups -OCH3 is 1. The van der Waals surface area contributed by atoms with E-state index in [1.165, 1.54) is 0 Å². The van der Waals surface area contributed by atoms with E-state index < -0.39 is 0 Å². The first-order valence-electron chi connectivity index (χ1n) is 6.59. The molecule has 1 amide bonds. The predicted molar refractivity (Wildman–Crippen MR) is 79.8 cm³/mol. The summed E-state index contributed by atoms with van der Waals surface area (Å²) in [5.41, 5.74) is 0.991. The minimum atomic E-state index is 0.0164. The smallest absolute Gasteiger partial charge is 0.221 e. The molecule has 1 aromatic rings. The molecule has 1 saturated heterocycles. The van der Waals surface area contributed by atoms with Crippen LogP contribution >= 0.6 is 15.9 Å². The van der Waals surface area contributed by atoms with Gasteiger partial charge < -0.3 is 20.1 Å². The molecular weight excluding hydrogens is 324 g/mol. The van der Waals surface area contributed by atoms with Gasteiger partial charge in [0.1, 0.15) is 5.75 Å². The molecule has 1 atom stereocenters. The standard InChI is InChI=1S/C14H19BrN2O3/c1-19-12-2-3-13(15)10(6-12)8-17-14(18)7-11-9-20-5-4-16-11/h2-3,6,11,16H,4-5,7-9H2,1H3,(H,17,18). The maximum Gasteiger partial charge on any atom is 0.221 e. The van der Waals surface area contributed by atoms with Crippen molar-refractivity contribution in [2.45, 2.75) is 19.0 Å². The summed E-state index contributed by atoms with van der Waals surface area (Å²) < 4.78 is 11.5. The Labute approximate surface area is 127 Å². The van der Waals surface area contributed by atoms with Crippen LogP contribution in [-0.2, 0) is 16.1 Å². The van der Waals surface area contributed by atoms with Gasteiger partial charge in [0, 0.05) is 30.0 Å². The van der Waals surface area contributed by atoms with E-state index in [4.69, 9.17) is 9.47 Å². The quantitative estimate of drug-likeness (QED) is 0.850. The number of carbonyl (C=O) groups excluding carboxylic acids is 1. The second kappa shape index (κ2) is 7.61. The van der Waals surface area contributed by atoms with Gasteiger partial charge in [0.2, 0.25) is 5.91 Å². The molecule has 0 spiro atoms. The molecule has 0 bridgehead atoms. The molecule has 2 rings (SSSR count). The molecular formula is C14H19BrN2O3. The van der Waals surface area contributed by atoms with E-state index in [-0.39, 0.29) is 11.9 Å². The lowest BCUT2D eigenvalue weighted by atomic mass is 10.1. The molecule has 1 unspecified atom stereocenters. The largest absolute Gasteiger partial charge is 0.497 e. The van der Waals surface area contributed by atoms with Gasteiger partial charge in [-0.25, -0.2) is 0 Å². The minimum absolute atomic E-state index is 0.0164. The van der Waals surface area contributed by atoms with Crippen molar-refractivity contribution >= 4 is 21.8 Å². The molecule has 2 N–H and O–H groups in total. The lowest BCUT2D eigenvalue weighted by molar-refractivity contribution is -0.122. The predicted octanol–water partition coefficient (Wildman–Crippen LogP) is 1.45. The van der Waals surface area contributed by atoms with Gasteiger partial charge in [0.05, 0.1) is 20.3 Å². The molecule has 0 radical (unpaired) electrons. The number of rotatable bonds is 5. The Morgan fingerprint density at radius 3 is 3.15 bits per heavy atom. The average Bonchev–Trinajstić information content (AvgIpc) is 2.47. The Balaban J connectivity index is 1.83. The van der Waals surface area contributed by atoms with E-state index in [1.807, 2.05) is 18.2 Å². The number of hydrogen-bond acceptors (Lipinski definition) is 4. The minimum Gasteiger partial charge on any atom is -0.497 e. The molecule has 0 saturated carbocycles. The van der Waals surface area contributed by atoms with E-state index in [2.05, 4.69) is 26.6 Å². The summed E-state index contributed by atoms with van der Waals surface area (Å²) in [6.45, 7) is 2.59. The fourth-order valence-electron chi connectivity index (χ4n) is 2.05. The number of carbonyl (C=O) groups is 1. The summed E-state index contributed by atoms with van der Waals surface area (Å²) in [4.78, 5) is 11.9. The first-order chi connectivity index (χ1) is 9.69. The Bertz CT molecular complexity index is 462. The van der Waals surface area contributed by atoms with Gasteiger partial charge in [0.25, 0.3) is 0 Å². The molecule has 0 aliphatic carbocycles. The normalized spacial score (nSPS) is 18.6. The summed E-state index contributed by atoms with van der Waals surface area (Å²) in [5, 5.41) is 6.18. The first kappa shape index (κ1) is 15.3. The van der Waals surface area contributed by atoms with Crippen LogP contribution in [0.15, 0.2) is 22.7 Å². The molecule has 1 aliphatic rings. The van der Waals surface area contributed by atoms with Crippen LogP contribution in [0.2, 0.25) is 0 Å². The zero-order valence-electron chi connectivity index (χ0n) is 11.4. The molecule has 1 aliphatic heterocycles. The van der Waals surface area contributed by atoms with Crippen molar-refractivity contribution in [1.29, 1.82) is 0 Å². The van der Waals surface area contributed by atoms with Crippen LogP contribution in [0.3, 0.4) is 0 Å². The fraction of sp³-hybridized carbons (Fsp3) is 0.500. The van der Waals surface area contributed by atoms with Crippen LogP contribution in [0.4, 0.5) is 0 Å². The topological polar surface area (TPSA) is 59.6 Å². The van der Waals surface area contributed by atoms with Gasteiger partial charge in [-0.05, 0) is 23.8 Å². The zero-order chi connectivity index (χ0) is 14.4. The van der Waals surface area contributed by atoms with Crippen molar-refractivity contribution in [3.8, 4) is 5.75 Å². The third-order valence-corrected chi connectivity index (χ3v) is 3.93. The molecule has 20 heavy (non-hydrogen) atoms. The van der Waals surface area contributed by atoms with Crippen molar-refractivity contribution in [3.05, 3.63) is 28.2 Å². The third kappa shape index (κ3) is 4.47. The van der Waals surface area contributed by atoms with Crippen molar-refractivity contribution in [2.24, 2.45) is 0 Å². The van der Waals surface area contributed by atoms with Crippen LogP contribution in [0.1, 0.15) is 12.0 Å². The number of morpholine rings is 1. The van der Waals surface area contributed by atoms with Crippen LogP contribution in [0, 0.1) is 0 Å². The second-order valence-electron chi connectivity index (χ2n) is 4.66. The second-order valence-corrected chi connectivity index (χ2v) is 5.52. The maximum absolute atomic E-state index is 11.9. The first-order valence-corrected chi connectivity index (χ1v) is 7.38. The summed E-state index contributed by atoms with van der Waals surface area (Å²) in [6, 6.07) is 5.81. The Morgan fingerprint density at radius 1 is 1.60 bits per heavy atom. The molecule has 1 aromatic carbocycles. The zero-order valence-corrected chi connectivity index (χ0v) is 13.0. The highest BCUT2D eigenvalue weighted by Crippen LogP contribution is 2.22. The van der Waals surface area contributed by atoms with E-state index >= 15 is 0 Å². The van der Waals surface area contributed by atoms with Gasteiger partial charge in [-0.2, -0.15) is 0 Å². The van der Waals surface area contributed by atoms with Gasteiger partial charge in [0.15, 0.2) is 0 Å². The Morgan fingerprint density at radius 2 is 2.45 bits per heavy atom. The highest BCUT2D eigenvalue weighted by molar-refractivity contribution is 9.10. The van der Waals surface area contributed by atoms with Crippen LogP contribution in [0.5, 0.6) is 5.75 Å². The molecule has 1 fully saturated rings. The summed E-state index contributed by atoms with van der Waals surface area (Å²) in [5.74, 6) is 0.794. The number of benzene rings is 1. The molecule has 110 valence electrons. The maximum atomic E-state index is 11.9. The summed E-state index contributed by atoms with van der Waals surface area (Å²) in [7, 11) is 1.63. The van der Waals surface area contributed by atoms with Crippen molar-refractivity contribution < 1.29 is 14.3 Å². The average molecular weight is 343 g/mol. The number of amides is 1. The van der Waals surface area contributed by atoms with Gasteiger partial charge in [-0.3, -0.25) is 4.79 Å². The van der Waals surface area contributed by atoms with Crippen LogP contribution < -0.4 is 15.4 Å². The molecule has 0 aromatic heterocycles.